The van der Waals surface area contributed by atoms with Gasteiger partial charge in [0.05, 0.1) is 49.0 Å². The Hall–Kier alpha value is -3.62. The molecule has 1 aromatic carbocycles. The van der Waals surface area contributed by atoms with Crippen molar-refractivity contribution >= 4 is 16.6 Å². The summed E-state index contributed by atoms with van der Waals surface area (Å²) in [6.45, 7) is 4.83. The SMILES string of the molecule is CC(CO)n1cnc2c(-c3cccnc3)nc(-c3ccc(N4CCOCC4)cc3)cc2c1=O. The Balaban J connectivity index is 1.65. The molecule has 0 amide bonds. The monoisotopic (exact) mass is 443 g/mol. The average molecular weight is 444 g/mol. The number of rotatable bonds is 5. The molecular formula is C25H25N5O3. The molecule has 33 heavy (non-hydrogen) atoms. The predicted molar refractivity (Wildman–Crippen MR) is 127 cm³/mol. The van der Waals surface area contributed by atoms with Gasteiger partial charge in [-0.05, 0) is 37.3 Å². The molecular weight excluding hydrogens is 418 g/mol. The van der Waals surface area contributed by atoms with E-state index < -0.39 is 0 Å². The number of aliphatic hydroxyl groups is 1. The number of aromatic nitrogens is 4. The molecule has 0 saturated carbocycles. The highest BCUT2D eigenvalue weighted by atomic mass is 16.5. The topological polar surface area (TPSA) is 93.4 Å². The van der Waals surface area contributed by atoms with Crippen LogP contribution < -0.4 is 10.5 Å². The predicted octanol–water partition coefficient (Wildman–Crippen LogP) is 2.91. The van der Waals surface area contributed by atoms with Crippen molar-refractivity contribution in [3.63, 3.8) is 0 Å². The fourth-order valence-electron chi connectivity index (χ4n) is 4.06. The van der Waals surface area contributed by atoms with E-state index in [9.17, 15) is 9.90 Å². The number of nitrogens with zero attached hydrogens (tertiary/aromatic N) is 5. The Kier molecular flexibility index (Phi) is 5.85. The van der Waals surface area contributed by atoms with E-state index in [1.54, 1.807) is 25.4 Å². The van der Waals surface area contributed by atoms with Crippen LogP contribution >= 0.6 is 0 Å². The van der Waals surface area contributed by atoms with Crippen LogP contribution in [0, 0.1) is 0 Å². The highest BCUT2D eigenvalue weighted by molar-refractivity contribution is 5.93. The molecule has 3 aromatic heterocycles. The number of benzene rings is 1. The van der Waals surface area contributed by atoms with Gasteiger partial charge >= 0.3 is 0 Å². The van der Waals surface area contributed by atoms with Gasteiger partial charge in [0.1, 0.15) is 5.52 Å². The zero-order chi connectivity index (χ0) is 22.8. The lowest BCUT2D eigenvalue weighted by atomic mass is 10.0. The maximum absolute atomic E-state index is 13.3. The van der Waals surface area contributed by atoms with Crippen molar-refractivity contribution in [2.24, 2.45) is 0 Å². The van der Waals surface area contributed by atoms with Gasteiger partial charge in [0.2, 0.25) is 0 Å². The summed E-state index contributed by atoms with van der Waals surface area (Å²) in [5, 5.41) is 10.0. The Bertz CT molecular complexity index is 1320. The smallest absolute Gasteiger partial charge is 0.261 e. The molecule has 0 bridgehead atoms. The van der Waals surface area contributed by atoms with Gasteiger partial charge in [-0.25, -0.2) is 9.97 Å². The van der Waals surface area contributed by atoms with Crippen molar-refractivity contribution < 1.29 is 9.84 Å². The first-order valence-corrected chi connectivity index (χ1v) is 11.0. The van der Waals surface area contributed by atoms with Gasteiger partial charge in [0.25, 0.3) is 5.56 Å². The van der Waals surface area contributed by atoms with E-state index in [0.29, 0.717) is 22.3 Å². The summed E-state index contributed by atoms with van der Waals surface area (Å²) in [5.74, 6) is 0. The Morgan fingerprint density at radius 2 is 1.91 bits per heavy atom. The van der Waals surface area contributed by atoms with E-state index in [2.05, 4.69) is 27.0 Å². The number of fused-ring (bicyclic) bond motifs is 1. The van der Waals surface area contributed by atoms with Gasteiger partial charge in [-0.1, -0.05) is 12.1 Å². The number of pyridine rings is 2. The van der Waals surface area contributed by atoms with Gasteiger partial charge in [-0.3, -0.25) is 14.3 Å². The molecule has 0 spiro atoms. The van der Waals surface area contributed by atoms with Gasteiger partial charge in [-0.15, -0.1) is 0 Å². The fraction of sp³-hybridized carbons (Fsp3) is 0.280. The minimum Gasteiger partial charge on any atom is -0.394 e. The molecule has 8 heteroatoms. The lowest BCUT2D eigenvalue weighted by Crippen LogP contribution is -2.36. The molecule has 1 fully saturated rings. The lowest BCUT2D eigenvalue weighted by Gasteiger charge is -2.28. The normalized spacial score (nSPS) is 15.0. The van der Waals surface area contributed by atoms with Crippen LogP contribution in [0.15, 0.2) is 66.0 Å². The molecule has 1 atom stereocenters. The molecule has 1 aliphatic heterocycles. The molecule has 168 valence electrons. The Morgan fingerprint density at radius 1 is 1.12 bits per heavy atom. The minimum absolute atomic E-state index is 0.149. The number of hydrogen-bond acceptors (Lipinski definition) is 7. The summed E-state index contributed by atoms with van der Waals surface area (Å²) in [6, 6.07) is 13.4. The Labute approximate surface area is 191 Å². The molecule has 0 radical (unpaired) electrons. The molecule has 1 saturated heterocycles. The number of anilines is 1. The maximum Gasteiger partial charge on any atom is 0.261 e. The van der Waals surface area contributed by atoms with Crippen LogP contribution in [-0.2, 0) is 4.74 Å². The van der Waals surface area contributed by atoms with Crippen LogP contribution in [0.25, 0.3) is 33.4 Å². The molecule has 5 rings (SSSR count). The van der Waals surface area contributed by atoms with Gasteiger partial charge in [0.15, 0.2) is 0 Å². The molecule has 4 aromatic rings. The molecule has 0 aliphatic carbocycles. The molecule has 4 heterocycles. The van der Waals surface area contributed by atoms with Crippen LogP contribution in [0.3, 0.4) is 0 Å². The summed E-state index contributed by atoms with van der Waals surface area (Å²) in [4.78, 5) is 29.2. The summed E-state index contributed by atoms with van der Waals surface area (Å²) < 4.78 is 6.91. The van der Waals surface area contributed by atoms with Crippen LogP contribution in [0.5, 0.6) is 0 Å². The van der Waals surface area contributed by atoms with E-state index in [0.717, 1.165) is 43.1 Å². The first-order valence-electron chi connectivity index (χ1n) is 11.0. The quantitative estimate of drug-likeness (QED) is 0.507. The van der Waals surface area contributed by atoms with Gasteiger partial charge < -0.3 is 14.7 Å². The third-order valence-electron chi connectivity index (χ3n) is 5.98. The average Bonchev–Trinajstić information content (AvgIpc) is 2.89. The second kappa shape index (κ2) is 9.09. The zero-order valence-electron chi connectivity index (χ0n) is 18.4. The van der Waals surface area contributed by atoms with E-state index in [1.807, 2.05) is 24.3 Å². The summed E-state index contributed by atoms with van der Waals surface area (Å²) in [5.41, 5.74) is 4.43. The van der Waals surface area contributed by atoms with Crippen LogP contribution in [0.1, 0.15) is 13.0 Å². The number of hydrogen-bond donors (Lipinski definition) is 1. The van der Waals surface area contributed by atoms with Crippen molar-refractivity contribution in [2.45, 2.75) is 13.0 Å². The highest BCUT2D eigenvalue weighted by Crippen LogP contribution is 2.29. The first kappa shape index (κ1) is 21.2. The van der Waals surface area contributed by atoms with Crippen molar-refractivity contribution in [1.82, 2.24) is 19.5 Å². The summed E-state index contributed by atoms with van der Waals surface area (Å²) in [7, 11) is 0. The first-order chi connectivity index (χ1) is 16.2. The Morgan fingerprint density at radius 3 is 2.61 bits per heavy atom. The molecule has 1 N–H and O–H groups in total. The second-order valence-corrected chi connectivity index (χ2v) is 8.13. The third kappa shape index (κ3) is 4.10. The number of ether oxygens (including phenoxy) is 1. The van der Waals surface area contributed by atoms with E-state index in [4.69, 9.17) is 9.72 Å². The lowest BCUT2D eigenvalue weighted by molar-refractivity contribution is 0.122. The van der Waals surface area contributed by atoms with Crippen LogP contribution in [-0.4, -0.2) is 57.5 Å². The third-order valence-corrected chi connectivity index (χ3v) is 5.98. The number of morpholine rings is 1. The van der Waals surface area contributed by atoms with Crippen molar-refractivity contribution in [1.29, 1.82) is 0 Å². The van der Waals surface area contributed by atoms with Crippen LogP contribution in [0.2, 0.25) is 0 Å². The van der Waals surface area contributed by atoms with E-state index >= 15 is 0 Å². The van der Waals surface area contributed by atoms with Gasteiger partial charge in [-0.2, -0.15) is 0 Å². The number of aliphatic hydroxyl groups excluding tert-OH is 1. The van der Waals surface area contributed by atoms with Crippen molar-refractivity contribution in [2.75, 3.05) is 37.8 Å². The summed E-state index contributed by atoms with van der Waals surface area (Å²) >= 11 is 0. The van der Waals surface area contributed by atoms with Crippen molar-refractivity contribution in [3.8, 4) is 22.5 Å². The highest BCUT2D eigenvalue weighted by Gasteiger charge is 2.17. The van der Waals surface area contributed by atoms with Crippen molar-refractivity contribution in [3.05, 3.63) is 71.5 Å². The molecule has 1 unspecified atom stereocenters. The largest absolute Gasteiger partial charge is 0.394 e. The second-order valence-electron chi connectivity index (χ2n) is 8.13. The maximum atomic E-state index is 13.3. The van der Waals surface area contributed by atoms with E-state index in [-0.39, 0.29) is 18.2 Å². The zero-order valence-corrected chi connectivity index (χ0v) is 18.4. The minimum atomic E-state index is -0.374. The summed E-state index contributed by atoms with van der Waals surface area (Å²) in [6.07, 6.45) is 4.89. The van der Waals surface area contributed by atoms with Gasteiger partial charge in [0, 0.05) is 42.3 Å². The van der Waals surface area contributed by atoms with Crippen LogP contribution in [0.4, 0.5) is 5.69 Å². The molecule has 8 nitrogen and oxygen atoms in total. The van der Waals surface area contributed by atoms with E-state index in [1.165, 1.54) is 10.9 Å². The fourth-order valence-corrected chi connectivity index (χ4v) is 4.06. The standard InChI is InChI=1S/C25H25N5O3/c1-17(15-31)30-16-27-24-21(25(30)32)13-22(28-23(24)19-3-2-8-26-14-19)18-4-6-20(7-5-18)29-9-11-33-12-10-29/h2-8,13-14,16-17,31H,9-12,15H2,1H3. The molecule has 1 aliphatic rings.